The lowest BCUT2D eigenvalue weighted by atomic mass is 9.84. The Morgan fingerprint density at radius 3 is 2.32 bits per heavy atom. The van der Waals surface area contributed by atoms with Gasteiger partial charge >= 0.3 is 0 Å². The topological polar surface area (TPSA) is 96.6 Å². The van der Waals surface area contributed by atoms with E-state index in [1.807, 2.05) is 42.5 Å². The second kappa shape index (κ2) is 13.9. The van der Waals surface area contributed by atoms with E-state index in [4.69, 9.17) is 42.8 Å². The molecule has 3 aromatic carbocycles. The first kappa shape index (κ1) is 30.2. The number of nitrogens with one attached hydrogen (secondary N) is 1. The number of carbonyl (C=O) groups excluding carboxylic acids is 1. The second-order valence-corrected chi connectivity index (χ2v) is 12.4. The zero-order valence-corrected chi connectivity index (χ0v) is 26.1. The number of thioether (sulfide) groups is 1. The summed E-state index contributed by atoms with van der Waals surface area (Å²) in [4.78, 5) is 17.0. The van der Waals surface area contributed by atoms with Crippen molar-refractivity contribution in [2.24, 2.45) is 10.1 Å². The van der Waals surface area contributed by atoms with Crippen molar-refractivity contribution in [2.75, 3.05) is 19.8 Å². The Morgan fingerprint density at radius 1 is 0.909 bits per heavy atom. The van der Waals surface area contributed by atoms with Gasteiger partial charge in [-0.05, 0) is 84.1 Å². The summed E-state index contributed by atoms with van der Waals surface area (Å²) in [6, 6.07) is 20.9. The monoisotopic (exact) mass is 648 g/mol. The standard InChI is InChI=1S/C33H30Cl2N4O4S/c34-27-18-21(17-26-31(36)39-33(37-32(26)40)44-29(38-39)20-43-24-9-5-2-6-10-24)19-28(35)30(27)42-16-15-41-25-13-11-23(12-14-25)22-7-3-1-4-8-22/h2,5-6,9-14,17-19,22,36H,1,3-4,7-8,15-16,20H2/b26-17-,36-31?. The molecule has 6 rings (SSSR count). The number of aliphatic imine (C=N–C) groups is 1. The molecule has 1 amide bonds. The van der Waals surface area contributed by atoms with E-state index in [0.29, 0.717) is 39.8 Å². The van der Waals surface area contributed by atoms with Crippen LogP contribution in [-0.4, -0.2) is 46.8 Å². The highest BCUT2D eigenvalue weighted by Gasteiger charge is 2.36. The summed E-state index contributed by atoms with van der Waals surface area (Å²) in [6.45, 7) is 0.751. The molecule has 1 fully saturated rings. The van der Waals surface area contributed by atoms with E-state index in [9.17, 15) is 4.79 Å². The lowest BCUT2D eigenvalue weighted by molar-refractivity contribution is -0.114. The Balaban J connectivity index is 1.05. The number of carbonyl (C=O) groups is 1. The average molecular weight is 650 g/mol. The molecule has 3 aliphatic rings. The van der Waals surface area contributed by atoms with Gasteiger partial charge < -0.3 is 14.2 Å². The van der Waals surface area contributed by atoms with Crippen LogP contribution in [0, 0.1) is 5.41 Å². The normalized spacial score (nSPS) is 17.8. The number of hydrogen-bond acceptors (Lipinski definition) is 7. The third kappa shape index (κ3) is 7.12. The Bertz CT molecular complexity index is 1610. The maximum atomic E-state index is 12.8. The Labute approximate surface area is 270 Å². The van der Waals surface area contributed by atoms with Gasteiger partial charge in [0.05, 0.1) is 15.6 Å². The van der Waals surface area contributed by atoms with Crippen LogP contribution in [0.1, 0.15) is 49.1 Å². The molecule has 1 aliphatic carbocycles. The highest BCUT2D eigenvalue weighted by Crippen LogP contribution is 2.36. The van der Waals surface area contributed by atoms with Gasteiger partial charge in [-0.15, -0.1) is 0 Å². The zero-order valence-electron chi connectivity index (χ0n) is 23.8. The van der Waals surface area contributed by atoms with E-state index in [0.717, 1.165) is 5.75 Å². The van der Waals surface area contributed by atoms with Crippen molar-refractivity contribution in [3.8, 4) is 17.2 Å². The summed E-state index contributed by atoms with van der Waals surface area (Å²) in [5.41, 5.74) is 1.97. The van der Waals surface area contributed by atoms with Crippen molar-refractivity contribution in [1.29, 1.82) is 5.41 Å². The lowest BCUT2D eigenvalue weighted by Crippen LogP contribution is -2.35. The summed E-state index contributed by atoms with van der Waals surface area (Å²) >= 11 is 14.2. The van der Waals surface area contributed by atoms with Crippen LogP contribution in [0.2, 0.25) is 10.0 Å². The summed E-state index contributed by atoms with van der Waals surface area (Å²) in [7, 11) is 0. The first-order chi connectivity index (χ1) is 21.4. The van der Waals surface area contributed by atoms with Crippen LogP contribution in [-0.2, 0) is 4.79 Å². The molecule has 2 heterocycles. The number of benzene rings is 3. The lowest BCUT2D eigenvalue weighted by Gasteiger charge is -2.22. The van der Waals surface area contributed by atoms with Gasteiger partial charge in [0.1, 0.15) is 36.4 Å². The minimum atomic E-state index is -0.550. The second-order valence-electron chi connectivity index (χ2n) is 10.5. The third-order valence-electron chi connectivity index (χ3n) is 7.49. The predicted octanol–water partition coefficient (Wildman–Crippen LogP) is 8.20. The highest BCUT2D eigenvalue weighted by molar-refractivity contribution is 8.27. The van der Waals surface area contributed by atoms with E-state index in [2.05, 4.69) is 22.2 Å². The quantitative estimate of drug-likeness (QED) is 0.176. The maximum absolute atomic E-state index is 12.8. The first-order valence-electron chi connectivity index (χ1n) is 14.5. The molecule has 0 bridgehead atoms. The zero-order chi connectivity index (χ0) is 30.5. The van der Waals surface area contributed by atoms with Gasteiger partial charge in [-0.25, -0.2) is 0 Å². The molecule has 44 heavy (non-hydrogen) atoms. The summed E-state index contributed by atoms with van der Waals surface area (Å²) in [6.07, 6.45) is 8.00. The fourth-order valence-electron chi connectivity index (χ4n) is 5.29. The highest BCUT2D eigenvalue weighted by atomic mass is 35.5. The number of hydrazone groups is 1. The van der Waals surface area contributed by atoms with Gasteiger partial charge in [-0.1, -0.05) is 72.8 Å². The fraction of sp³-hybridized carbons (Fsp3) is 0.273. The van der Waals surface area contributed by atoms with Crippen LogP contribution in [0.3, 0.4) is 0 Å². The molecule has 3 aromatic rings. The molecule has 0 aromatic heterocycles. The molecule has 0 unspecified atom stereocenters. The van der Waals surface area contributed by atoms with Crippen LogP contribution in [0.5, 0.6) is 17.2 Å². The number of amidine groups is 2. The maximum Gasteiger partial charge on any atom is 0.283 e. The number of rotatable bonds is 10. The number of nitrogens with zero attached hydrogens (tertiary/aromatic N) is 3. The van der Waals surface area contributed by atoms with E-state index in [-0.39, 0.29) is 34.7 Å². The van der Waals surface area contributed by atoms with Gasteiger partial charge in [0.15, 0.2) is 11.6 Å². The van der Waals surface area contributed by atoms with Crippen LogP contribution >= 0.6 is 35.0 Å². The van der Waals surface area contributed by atoms with Gasteiger partial charge in [0.25, 0.3) is 5.91 Å². The molecular formula is C33H30Cl2N4O4S. The van der Waals surface area contributed by atoms with Crippen molar-refractivity contribution in [1.82, 2.24) is 5.01 Å². The first-order valence-corrected chi connectivity index (χ1v) is 16.0. The molecule has 0 spiro atoms. The van der Waals surface area contributed by atoms with E-state index in [1.165, 1.54) is 60.5 Å². The SMILES string of the molecule is N=C1/C(=C/c2cc(Cl)c(OCCOc3ccc(C4CCCCC4)cc3)c(Cl)c2)C(=O)N=C2SC(COc3ccccc3)=NN12. The molecular weight excluding hydrogens is 619 g/mol. The summed E-state index contributed by atoms with van der Waals surface area (Å²) in [5, 5.41) is 15.8. The summed E-state index contributed by atoms with van der Waals surface area (Å²) < 4.78 is 17.4. The number of para-hydroxylation sites is 1. The van der Waals surface area contributed by atoms with Gasteiger partial charge in [0.2, 0.25) is 5.17 Å². The summed E-state index contributed by atoms with van der Waals surface area (Å²) in [5.74, 6) is 1.81. The van der Waals surface area contributed by atoms with Crippen molar-refractivity contribution >= 4 is 63.0 Å². The van der Waals surface area contributed by atoms with E-state index >= 15 is 0 Å². The van der Waals surface area contributed by atoms with Crippen LogP contribution in [0.4, 0.5) is 0 Å². The Morgan fingerprint density at radius 2 is 1.59 bits per heavy atom. The van der Waals surface area contributed by atoms with Crippen molar-refractivity contribution < 1.29 is 19.0 Å². The minimum absolute atomic E-state index is 0.0621. The van der Waals surface area contributed by atoms with E-state index < -0.39 is 5.91 Å². The smallest absolute Gasteiger partial charge is 0.283 e. The molecule has 11 heteroatoms. The fourth-order valence-corrected chi connectivity index (χ4v) is 6.71. The van der Waals surface area contributed by atoms with Crippen LogP contribution < -0.4 is 14.2 Å². The Kier molecular flexibility index (Phi) is 9.54. The molecule has 226 valence electrons. The number of amides is 1. The average Bonchev–Trinajstić information content (AvgIpc) is 3.45. The molecule has 0 saturated heterocycles. The van der Waals surface area contributed by atoms with Gasteiger partial charge in [-0.3, -0.25) is 10.2 Å². The number of ether oxygens (including phenoxy) is 3. The van der Waals surface area contributed by atoms with Gasteiger partial charge in [-0.2, -0.15) is 15.1 Å². The predicted molar refractivity (Wildman–Crippen MR) is 177 cm³/mol. The Hall–Kier alpha value is -3.79. The van der Waals surface area contributed by atoms with Gasteiger partial charge in [0, 0.05) is 0 Å². The molecule has 2 aliphatic heterocycles. The number of hydrogen-bond donors (Lipinski definition) is 1. The van der Waals surface area contributed by atoms with Crippen molar-refractivity contribution in [2.45, 2.75) is 38.0 Å². The third-order valence-corrected chi connectivity index (χ3v) is 8.93. The number of fused-ring (bicyclic) bond motifs is 1. The molecule has 0 radical (unpaired) electrons. The minimum Gasteiger partial charge on any atom is -0.490 e. The largest absolute Gasteiger partial charge is 0.490 e. The number of halogens is 2. The molecule has 0 atom stereocenters. The van der Waals surface area contributed by atoms with Crippen LogP contribution in [0.15, 0.2) is 82.4 Å². The molecule has 8 nitrogen and oxygen atoms in total. The van der Waals surface area contributed by atoms with Crippen molar-refractivity contribution in [3.05, 3.63) is 93.5 Å². The van der Waals surface area contributed by atoms with E-state index in [1.54, 1.807) is 12.1 Å². The molecule has 1 N–H and O–H groups in total. The van der Waals surface area contributed by atoms with Crippen molar-refractivity contribution in [3.63, 3.8) is 0 Å². The molecule has 1 saturated carbocycles. The van der Waals surface area contributed by atoms with Crippen LogP contribution in [0.25, 0.3) is 6.08 Å².